The molecular formula is C15H14O2Se. The Labute approximate surface area is 113 Å². The number of benzene rings is 2. The molecule has 0 aliphatic carbocycles. The zero-order valence-electron chi connectivity index (χ0n) is 10.0. The Morgan fingerprint density at radius 3 is 2.06 bits per heavy atom. The molecule has 2 nitrogen and oxygen atoms in total. The van der Waals surface area contributed by atoms with E-state index in [0.717, 1.165) is 10.0 Å². The van der Waals surface area contributed by atoms with Gasteiger partial charge in [-0.25, -0.2) is 0 Å². The van der Waals surface area contributed by atoms with Crippen molar-refractivity contribution in [3.63, 3.8) is 0 Å². The van der Waals surface area contributed by atoms with Gasteiger partial charge in [-0.05, 0) is 0 Å². The SMILES string of the molecule is CO/C(O)=C(\[Se]c1ccccc1)c1ccccc1. The van der Waals surface area contributed by atoms with Gasteiger partial charge in [0.1, 0.15) is 0 Å². The summed E-state index contributed by atoms with van der Waals surface area (Å²) in [5.41, 5.74) is 1.00. The van der Waals surface area contributed by atoms with E-state index in [2.05, 4.69) is 12.1 Å². The predicted molar refractivity (Wildman–Crippen MR) is 74.8 cm³/mol. The van der Waals surface area contributed by atoms with E-state index in [1.54, 1.807) is 0 Å². The molecule has 0 radical (unpaired) electrons. The zero-order chi connectivity index (χ0) is 12.8. The van der Waals surface area contributed by atoms with Crippen LogP contribution in [0.2, 0.25) is 0 Å². The third-order valence-corrected chi connectivity index (χ3v) is 4.74. The predicted octanol–water partition coefficient (Wildman–Crippen LogP) is 2.55. The van der Waals surface area contributed by atoms with Gasteiger partial charge in [0.2, 0.25) is 0 Å². The fourth-order valence-electron chi connectivity index (χ4n) is 1.51. The van der Waals surface area contributed by atoms with Gasteiger partial charge in [0, 0.05) is 0 Å². The summed E-state index contributed by atoms with van der Waals surface area (Å²) in [5, 5.41) is 9.91. The van der Waals surface area contributed by atoms with Gasteiger partial charge in [-0.15, -0.1) is 0 Å². The Balaban J connectivity index is 2.34. The molecule has 2 rings (SSSR count). The molecule has 92 valence electrons. The molecule has 1 N–H and O–H groups in total. The van der Waals surface area contributed by atoms with Gasteiger partial charge in [-0.3, -0.25) is 0 Å². The number of ether oxygens (including phenoxy) is 1. The minimum atomic E-state index is 0.00468. The Morgan fingerprint density at radius 1 is 0.944 bits per heavy atom. The van der Waals surface area contributed by atoms with Crippen molar-refractivity contribution >= 4 is 23.9 Å². The van der Waals surface area contributed by atoms with Crippen molar-refractivity contribution in [2.45, 2.75) is 0 Å². The molecule has 3 heteroatoms. The fraction of sp³-hybridized carbons (Fsp3) is 0.0667. The fourth-order valence-corrected chi connectivity index (χ4v) is 3.52. The summed E-state index contributed by atoms with van der Waals surface area (Å²) in [6.45, 7) is 0. The molecule has 0 heterocycles. The number of rotatable bonds is 4. The normalized spacial score (nSPS) is 11.8. The molecule has 18 heavy (non-hydrogen) atoms. The van der Waals surface area contributed by atoms with Gasteiger partial charge >= 0.3 is 113 Å². The molecule has 0 spiro atoms. The van der Waals surface area contributed by atoms with E-state index >= 15 is 0 Å². The molecule has 0 saturated heterocycles. The molecule has 0 unspecified atom stereocenters. The standard InChI is InChI=1S/C15H14O2Se/c1-17-15(16)14(12-8-4-2-5-9-12)18-13-10-6-3-7-11-13/h2-11,16H,1H3/b15-14-. The second kappa shape index (κ2) is 6.29. The Kier molecular flexibility index (Phi) is 4.46. The first kappa shape index (κ1) is 12.7. The molecular weight excluding hydrogens is 291 g/mol. The van der Waals surface area contributed by atoms with Gasteiger partial charge in [0.25, 0.3) is 0 Å². The number of hydrogen-bond donors (Lipinski definition) is 1. The first-order valence-corrected chi connectivity index (χ1v) is 7.28. The zero-order valence-corrected chi connectivity index (χ0v) is 11.8. The van der Waals surface area contributed by atoms with Crippen molar-refractivity contribution in [2.75, 3.05) is 7.11 Å². The summed E-state index contributed by atoms with van der Waals surface area (Å²) in [6, 6.07) is 20.0. The summed E-state index contributed by atoms with van der Waals surface area (Å²) in [5.74, 6) is 0.00468. The maximum absolute atomic E-state index is 9.91. The molecule has 0 bridgehead atoms. The first-order valence-electron chi connectivity index (χ1n) is 5.57. The van der Waals surface area contributed by atoms with E-state index in [9.17, 15) is 5.11 Å². The van der Waals surface area contributed by atoms with Crippen LogP contribution in [0.25, 0.3) is 4.47 Å². The molecule has 0 aliphatic rings. The van der Waals surface area contributed by atoms with Crippen LogP contribution in [0.15, 0.2) is 66.6 Å². The quantitative estimate of drug-likeness (QED) is 0.695. The number of hydrogen-bond acceptors (Lipinski definition) is 2. The minimum absolute atomic E-state index is 0.00468. The molecule has 0 aliphatic heterocycles. The molecule has 0 saturated carbocycles. The van der Waals surface area contributed by atoms with Crippen molar-refractivity contribution in [3.05, 3.63) is 72.2 Å². The summed E-state index contributed by atoms with van der Waals surface area (Å²) >= 11 is 0.0166. The number of aliphatic hydroxyl groups excluding tert-OH is 1. The van der Waals surface area contributed by atoms with Gasteiger partial charge in [-0.1, -0.05) is 0 Å². The summed E-state index contributed by atoms with van der Waals surface area (Å²) in [6.07, 6.45) is 0. The van der Waals surface area contributed by atoms with E-state index in [1.807, 2.05) is 48.5 Å². The van der Waals surface area contributed by atoms with E-state index in [-0.39, 0.29) is 20.9 Å². The average Bonchev–Trinajstić information content (AvgIpc) is 2.46. The van der Waals surface area contributed by atoms with Crippen LogP contribution in [0, 0.1) is 0 Å². The second-order valence-electron chi connectivity index (χ2n) is 3.62. The van der Waals surface area contributed by atoms with E-state index in [4.69, 9.17) is 4.74 Å². The molecule has 2 aromatic rings. The molecule has 0 fully saturated rings. The van der Waals surface area contributed by atoms with Crippen molar-refractivity contribution in [2.24, 2.45) is 0 Å². The van der Waals surface area contributed by atoms with E-state index < -0.39 is 0 Å². The van der Waals surface area contributed by atoms with Crippen LogP contribution in [0.5, 0.6) is 0 Å². The third kappa shape index (κ3) is 3.16. The Hall–Kier alpha value is -1.70. The molecule has 2 aromatic carbocycles. The van der Waals surface area contributed by atoms with E-state index in [0.29, 0.717) is 0 Å². The molecule has 0 atom stereocenters. The van der Waals surface area contributed by atoms with Crippen molar-refractivity contribution in [1.29, 1.82) is 0 Å². The van der Waals surface area contributed by atoms with Gasteiger partial charge < -0.3 is 0 Å². The van der Waals surface area contributed by atoms with Crippen LogP contribution >= 0.6 is 0 Å². The third-order valence-electron chi connectivity index (χ3n) is 2.39. The number of aliphatic hydroxyl groups is 1. The van der Waals surface area contributed by atoms with Crippen LogP contribution in [-0.2, 0) is 4.74 Å². The van der Waals surface area contributed by atoms with E-state index in [1.165, 1.54) is 11.6 Å². The summed E-state index contributed by atoms with van der Waals surface area (Å²) in [7, 11) is 1.49. The van der Waals surface area contributed by atoms with Crippen LogP contribution < -0.4 is 4.46 Å². The molecule has 0 amide bonds. The second-order valence-corrected chi connectivity index (χ2v) is 5.89. The van der Waals surface area contributed by atoms with Gasteiger partial charge in [-0.2, -0.15) is 0 Å². The maximum atomic E-state index is 9.91. The summed E-state index contributed by atoms with van der Waals surface area (Å²) in [4.78, 5) is 0. The van der Waals surface area contributed by atoms with Crippen LogP contribution in [0.4, 0.5) is 0 Å². The average molecular weight is 305 g/mol. The molecule has 0 aromatic heterocycles. The van der Waals surface area contributed by atoms with Crippen molar-refractivity contribution < 1.29 is 9.84 Å². The van der Waals surface area contributed by atoms with Crippen LogP contribution in [-0.4, -0.2) is 27.2 Å². The first-order chi connectivity index (χ1) is 8.81. The topological polar surface area (TPSA) is 29.5 Å². The van der Waals surface area contributed by atoms with Crippen LogP contribution in [0.3, 0.4) is 0 Å². The Morgan fingerprint density at radius 2 is 1.50 bits per heavy atom. The Bertz CT molecular complexity index is 521. The summed E-state index contributed by atoms with van der Waals surface area (Å²) < 4.78 is 7.05. The number of methoxy groups -OCH3 is 1. The van der Waals surface area contributed by atoms with Crippen molar-refractivity contribution in [1.82, 2.24) is 0 Å². The van der Waals surface area contributed by atoms with Crippen molar-refractivity contribution in [3.8, 4) is 0 Å². The van der Waals surface area contributed by atoms with Crippen LogP contribution in [0.1, 0.15) is 5.56 Å². The monoisotopic (exact) mass is 306 g/mol. The van der Waals surface area contributed by atoms with Gasteiger partial charge in [0.15, 0.2) is 0 Å². The van der Waals surface area contributed by atoms with Gasteiger partial charge in [0.05, 0.1) is 0 Å².